The number of aromatic nitrogens is 1. The Morgan fingerprint density at radius 2 is 1.73 bits per heavy atom. The van der Waals surface area contributed by atoms with Crippen LogP contribution in [0.5, 0.6) is 0 Å². The molecule has 4 rings (SSSR count). The molecule has 158 valence electrons. The summed E-state index contributed by atoms with van der Waals surface area (Å²) in [6, 6.07) is 10.2. The van der Waals surface area contributed by atoms with E-state index in [1.54, 1.807) is 12.1 Å². The van der Waals surface area contributed by atoms with E-state index in [-0.39, 0.29) is 16.7 Å². The Bertz CT molecular complexity index is 1160. The smallest absolute Gasteiger partial charge is 0.243 e. The van der Waals surface area contributed by atoms with Crippen LogP contribution < -0.4 is 5.32 Å². The number of nitrogens with one attached hydrogen (secondary N) is 1. The first kappa shape index (κ1) is 21.2. The average molecular weight is 464 g/mol. The van der Waals surface area contributed by atoms with Crippen molar-refractivity contribution in [3.63, 3.8) is 0 Å². The average Bonchev–Trinajstić information content (AvgIpc) is 3.16. The summed E-state index contributed by atoms with van der Waals surface area (Å²) in [5.41, 5.74) is 3.13. The molecule has 0 saturated carbocycles. The zero-order chi connectivity index (χ0) is 21.5. The van der Waals surface area contributed by atoms with Gasteiger partial charge in [0.25, 0.3) is 0 Å². The molecule has 1 aliphatic heterocycles. The Hall–Kier alpha value is -2.00. The molecule has 1 aromatic heterocycles. The number of piperidine rings is 1. The highest BCUT2D eigenvalue weighted by molar-refractivity contribution is 7.89. The number of hydrogen-bond acceptors (Lipinski definition) is 5. The summed E-state index contributed by atoms with van der Waals surface area (Å²) >= 11 is 7.33. The van der Waals surface area contributed by atoms with E-state index in [1.807, 2.05) is 19.9 Å². The van der Waals surface area contributed by atoms with E-state index in [4.69, 9.17) is 11.6 Å². The van der Waals surface area contributed by atoms with Gasteiger partial charge in [-0.1, -0.05) is 35.1 Å². The van der Waals surface area contributed by atoms with Gasteiger partial charge in [0.1, 0.15) is 0 Å². The number of aryl methyl sites for hydroxylation is 2. The topological polar surface area (TPSA) is 79.4 Å². The lowest BCUT2D eigenvalue weighted by molar-refractivity contribution is -0.120. The maximum absolute atomic E-state index is 12.8. The van der Waals surface area contributed by atoms with E-state index >= 15 is 0 Å². The molecule has 1 aliphatic rings. The minimum atomic E-state index is -3.58. The molecule has 2 heterocycles. The molecule has 9 heteroatoms. The first-order chi connectivity index (χ1) is 14.3. The molecule has 1 saturated heterocycles. The van der Waals surface area contributed by atoms with Gasteiger partial charge >= 0.3 is 0 Å². The predicted molar refractivity (Wildman–Crippen MR) is 121 cm³/mol. The molecule has 0 atom stereocenters. The first-order valence-corrected chi connectivity index (χ1v) is 12.3. The molecule has 1 fully saturated rings. The molecule has 2 aromatic carbocycles. The molecule has 6 nitrogen and oxygen atoms in total. The molecule has 0 bridgehead atoms. The second-order valence-electron chi connectivity index (χ2n) is 7.52. The minimum absolute atomic E-state index is 0.104. The standard InChI is InChI=1S/C21H22ClN3O3S2/c1-13-3-4-14(2)19-18(13)23-21(29-19)24-20(26)15-9-11-25(12-10-15)30(27,28)17-7-5-16(22)6-8-17/h3-8,15H,9-12H2,1-2H3,(H,23,24,26). The van der Waals surface area contributed by atoms with Crippen molar-refractivity contribution >= 4 is 54.2 Å². The molecular formula is C21H22ClN3O3S2. The van der Waals surface area contributed by atoms with Crippen LogP contribution in [0.3, 0.4) is 0 Å². The fraction of sp³-hybridized carbons (Fsp3) is 0.333. The van der Waals surface area contributed by atoms with Crippen LogP contribution in [0.1, 0.15) is 24.0 Å². The number of rotatable bonds is 4. The number of benzene rings is 2. The molecule has 0 aliphatic carbocycles. The van der Waals surface area contributed by atoms with E-state index < -0.39 is 10.0 Å². The van der Waals surface area contributed by atoms with Crippen molar-refractivity contribution in [3.8, 4) is 0 Å². The number of carbonyl (C=O) groups is 1. The highest BCUT2D eigenvalue weighted by atomic mass is 35.5. The van der Waals surface area contributed by atoms with Gasteiger partial charge in [-0.05, 0) is 62.1 Å². The van der Waals surface area contributed by atoms with Gasteiger partial charge in [0, 0.05) is 24.0 Å². The maximum atomic E-state index is 12.8. The number of sulfonamides is 1. The van der Waals surface area contributed by atoms with Crippen LogP contribution in [0, 0.1) is 19.8 Å². The number of amides is 1. The lowest BCUT2D eigenvalue weighted by Gasteiger charge is -2.30. The van der Waals surface area contributed by atoms with E-state index in [0.29, 0.717) is 36.1 Å². The number of thiazole rings is 1. The van der Waals surface area contributed by atoms with Gasteiger partial charge in [-0.15, -0.1) is 0 Å². The van der Waals surface area contributed by atoms with Crippen LogP contribution in [0.25, 0.3) is 10.2 Å². The zero-order valence-electron chi connectivity index (χ0n) is 16.7. The third-order valence-electron chi connectivity index (χ3n) is 5.45. The van der Waals surface area contributed by atoms with Crippen molar-refractivity contribution in [3.05, 3.63) is 52.5 Å². The van der Waals surface area contributed by atoms with Crippen LogP contribution in [0.15, 0.2) is 41.3 Å². The van der Waals surface area contributed by atoms with Crippen LogP contribution >= 0.6 is 22.9 Å². The van der Waals surface area contributed by atoms with Crippen molar-refractivity contribution in [1.82, 2.24) is 9.29 Å². The van der Waals surface area contributed by atoms with Crippen LogP contribution in [-0.4, -0.2) is 36.7 Å². The van der Waals surface area contributed by atoms with Crippen molar-refractivity contribution in [2.45, 2.75) is 31.6 Å². The SMILES string of the molecule is Cc1ccc(C)c2sc(NC(=O)C3CCN(S(=O)(=O)c4ccc(Cl)cc4)CC3)nc12. The zero-order valence-corrected chi connectivity index (χ0v) is 19.1. The first-order valence-electron chi connectivity index (χ1n) is 9.69. The number of fused-ring (bicyclic) bond motifs is 1. The van der Waals surface area contributed by atoms with Crippen molar-refractivity contribution in [2.75, 3.05) is 18.4 Å². The molecule has 3 aromatic rings. The van der Waals surface area contributed by atoms with Crippen molar-refractivity contribution in [1.29, 1.82) is 0 Å². The van der Waals surface area contributed by atoms with Crippen LogP contribution in [-0.2, 0) is 14.8 Å². The number of hydrogen-bond donors (Lipinski definition) is 1. The van der Waals surface area contributed by atoms with E-state index in [0.717, 1.165) is 21.3 Å². The summed E-state index contributed by atoms with van der Waals surface area (Å²) in [7, 11) is -3.58. The molecule has 1 N–H and O–H groups in total. The van der Waals surface area contributed by atoms with Gasteiger partial charge in [-0.3, -0.25) is 4.79 Å². The van der Waals surface area contributed by atoms with Crippen molar-refractivity contribution in [2.24, 2.45) is 5.92 Å². The van der Waals surface area contributed by atoms with Crippen LogP contribution in [0.4, 0.5) is 5.13 Å². The van der Waals surface area contributed by atoms with Crippen molar-refractivity contribution < 1.29 is 13.2 Å². The van der Waals surface area contributed by atoms with E-state index in [2.05, 4.69) is 16.4 Å². The van der Waals surface area contributed by atoms with Crippen LogP contribution in [0.2, 0.25) is 5.02 Å². The largest absolute Gasteiger partial charge is 0.302 e. The van der Waals surface area contributed by atoms with Gasteiger partial charge in [0.15, 0.2) is 5.13 Å². The summed E-state index contributed by atoms with van der Waals surface area (Å²) in [6.45, 7) is 4.65. The summed E-state index contributed by atoms with van der Waals surface area (Å²) < 4.78 is 28.1. The third-order valence-corrected chi connectivity index (χ3v) is 8.72. The van der Waals surface area contributed by atoms with E-state index in [9.17, 15) is 13.2 Å². The molecular weight excluding hydrogens is 442 g/mol. The van der Waals surface area contributed by atoms with Gasteiger partial charge in [-0.2, -0.15) is 4.31 Å². The Morgan fingerprint density at radius 1 is 1.10 bits per heavy atom. The lowest BCUT2D eigenvalue weighted by atomic mass is 9.97. The minimum Gasteiger partial charge on any atom is -0.302 e. The summed E-state index contributed by atoms with van der Waals surface area (Å²) in [4.78, 5) is 17.5. The predicted octanol–water partition coefficient (Wildman–Crippen LogP) is 4.61. The number of anilines is 1. The highest BCUT2D eigenvalue weighted by Crippen LogP contribution is 2.32. The highest BCUT2D eigenvalue weighted by Gasteiger charge is 2.32. The summed E-state index contributed by atoms with van der Waals surface area (Å²) in [6.07, 6.45) is 0.948. The fourth-order valence-electron chi connectivity index (χ4n) is 3.63. The normalized spacial score (nSPS) is 16.1. The van der Waals surface area contributed by atoms with Gasteiger partial charge in [0.05, 0.1) is 15.1 Å². The summed E-state index contributed by atoms with van der Waals surface area (Å²) in [5.74, 6) is -0.344. The summed E-state index contributed by atoms with van der Waals surface area (Å²) in [5, 5.41) is 4.01. The lowest BCUT2D eigenvalue weighted by Crippen LogP contribution is -2.41. The Morgan fingerprint density at radius 3 is 2.37 bits per heavy atom. The Kier molecular flexibility index (Phi) is 5.85. The maximum Gasteiger partial charge on any atom is 0.243 e. The molecule has 0 spiro atoms. The monoisotopic (exact) mass is 463 g/mol. The molecule has 0 radical (unpaired) electrons. The molecule has 1 amide bonds. The second-order valence-corrected chi connectivity index (χ2v) is 10.9. The Labute approximate surface area is 184 Å². The van der Waals surface area contributed by atoms with Gasteiger partial charge < -0.3 is 5.32 Å². The molecule has 30 heavy (non-hydrogen) atoms. The van der Waals surface area contributed by atoms with Gasteiger partial charge in [0.2, 0.25) is 15.9 Å². The fourth-order valence-corrected chi connectivity index (χ4v) is 6.24. The second kappa shape index (κ2) is 8.26. The molecule has 0 unspecified atom stereocenters. The van der Waals surface area contributed by atoms with Gasteiger partial charge in [-0.25, -0.2) is 13.4 Å². The van der Waals surface area contributed by atoms with E-state index in [1.165, 1.54) is 27.8 Å². The Balaban J connectivity index is 1.42. The quantitative estimate of drug-likeness (QED) is 0.612. The number of carbonyl (C=O) groups excluding carboxylic acids is 1. The third kappa shape index (κ3) is 4.09. The number of halogens is 1. The number of nitrogens with zero attached hydrogens (tertiary/aromatic N) is 2.